The molecule has 130 valence electrons. The number of hydrogen-bond acceptors (Lipinski definition) is 4. The van der Waals surface area contributed by atoms with Crippen LogP contribution in [0.5, 0.6) is 0 Å². The van der Waals surface area contributed by atoms with E-state index in [1.54, 1.807) is 36.4 Å². The summed E-state index contributed by atoms with van der Waals surface area (Å²) in [5.41, 5.74) is 8.95. The van der Waals surface area contributed by atoms with Crippen LogP contribution in [-0.2, 0) is 0 Å². The van der Waals surface area contributed by atoms with E-state index in [4.69, 9.17) is 5.73 Å². The van der Waals surface area contributed by atoms with Crippen molar-refractivity contribution < 1.29 is 9.59 Å². The first-order chi connectivity index (χ1) is 12.0. The lowest BCUT2D eigenvalue weighted by atomic mass is 9.83. The van der Waals surface area contributed by atoms with Crippen LogP contribution in [0.3, 0.4) is 0 Å². The van der Waals surface area contributed by atoms with Crippen molar-refractivity contribution in [2.75, 3.05) is 17.6 Å². The van der Waals surface area contributed by atoms with E-state index in [0.29, 0.717) is 33.9 Å². The Balaban J connectivity index is 1.85. The van der Waals surface area contributed by atoms with Gasteiger partial charge in [-0.1, -0.05) is 44.5 Å². The molecule has 1 unspecified atom stereocenters. The van der Waals surface area contributed by atoms with Crippen molar-refractivity contribution in [1.29, 1.82) is 0 Å². The zero-order valence-corrected chi connectivity index (χ0v) is 14.8. The summed E-state index contributed by atoms with van der Waals surface area (Å²) in [6.45, 7) is 5.24. The summed E-state index contributed by atoms with van der Waals surface area (Å²) in [5.74, 6) is 0.393. The minimum Gasteiger partial charge on any atom is -0.396 e. The molecule has 1 aliphatic carbocycles. The van der Waals surface area contributed by atoms with E-state index in [1.165, 1.54) is 6.42 Å². The number of carbonyl (C=O) groups excluding carboxylic acids is 2. The summed E-state index contributed by atoms with van der Waals surface area (Å²) < 4.78 is 0. The van der Waals surface area contributed by atoms with Gasteiger partial charge in [0.2, 0.25) is 0 Å². The summed E-state index contributed by atoms with van der Waals surface area (Å²) in [7, 11) is 0. The van der Waals surface area contributed by atoms with E-state index >= 15 is 0 Å². The number of rotatable bonds is 6. The van der Waals surface area contributed by atoms with Gasteiger partial charge in [0.1, 0.15) is 0 Å². The molecule has 25 heavy (non-hydrogen) atoms. The lowest BCUT2D eigenvalue weighted by Crippen LogP contribution is -2.23. The van der Waals surface area contributed by atoms with Gasteiger partial charge in [-0.25, -0.2) is 0 Å². The number of hydrogen-bond donors (Lipinski definition) is 2. The van der Waals surface area contributed by atoms with E-state index in [9.17, 15) is 9.59 Å². The molecule has 0 aliphatic heterocycles. The van der Waals surface area contributed by atoms with Crippen molar-refractivity contribution in [2.24, 2.45) is 5.92 Å². The van der Waals surface area contributed by atoms with Gasteiger partial charge in [-0.15, -0.1) is 0 Å². The fraction of sp³-hybridized carbons (Fsp3) is 0.333. The van der Waals surface area contributed by atoms with Gasteiger partial charge in [0.15, 0.2) is 11.6 Å². The molecule has 1 atom stereocenters. The zero-order chi connectivity index (χ0) is 18.0. The predicted molar refractivity (Wildman–Crippen MR) is 101 cm³/mol. The SMILES string of the molecule is CCC(C)CCCNc1ccc2c(c1N)C(=O)c1ccccc1C2=O. The number of ketones is 2. The highest BCUT2D eigenvalue weighted by Crippen LogP contribution is 2.34. The van der Waals surface area contributed by atoms with E-state index in [0.717, 1.165) is 25.1 Å². The maximum atomic E-state index is 12.8. The van der Waals surface area contributed by atoms with Gasteiger partial charge in [-0.2, -0.15) is 0 Å². The van der Waals surface area contributed by atoms with Gasteiger partial charge in [0.25, 0.3) is 0 Å². The molecule has 0 saturated carbocycles. The average molecular weight is 336 g/mol. The molecule has 0 heterocycles. The van der Waals surface area contributed by atoms with Gasteiger partial charge in [0, 0.05) is 23.2 Å². The smallest absolute Gasteiger partial charge is 0.196 e. The standard InChI is InChI=1S/C21H24N2O2/c1-3-13(2)7-6-12-23-17-11-10-16-18(19(17)22)21(25)15-9-5-4-8-14(15)20(16)24/h4-5,8-11,13,23H,3,6-7,12,22H2,1-2H3. The van der Waals surface area contributed by atoms with E-state index in [-0.39, 0.29) is 11.6 Å². The fourth-order valence-corrected chi connectivity index (χ4v) is 3.24. The Morgan fingerprint density at radius 3 is 2.36 bits per heavy atom. The minimum absolute atomic E-state index is 0.139. The summed E-state index contributed by atoms with van der Waals surface area (Å²) in [5, 5.41) is 3.31. The highest BCUT2D eigenvalue weighted by molar-refractivity contribution is 6.30. The van der Waals surface area contributed by atoms with Crippen LogP contribution in [0.2, 0.25) is 0 Å². The second kappa shape index (κ2) is 7.09. The Bertz CT molecular complexity index is 827. The van der Waals surface area contributed by atoms with Crippen molar-refractivity contribution >= 4 is 22.9 Å². The average Bonchev–Trinajstić information content (AvgIpc) is 2.64. The molecule has 3 N–H and O–H groups in total. The Labute approximate surface area is 148 Å². The fourth-order valence-electron chi connectivity index (χ4n) is 3.24. The third-order valence-electron chi connectivity index (χ3n) is 5.02. The summed E-state index contributed by atoms with van der Waals surface area (Å²) in [4.78, 5) is 25.5. The van der Waals surface area contributed by atoms with E-state index in [2.05, 4.69) is 19.2 Å². The molecule has 4 heteroatoms. The predicted octanol–water partition coefficient (Wildman–Crippen LogP) is 4.28. The third kappa shape index (κ3) is 3.16. The number of nitrogen functional groups attached to an aromatic ring is 1. The highest BCUT2D eigenvalue weighted by Gasteiger charge is 2.31. The third-order valence-corrected chi connectivity index (χ3v) is 5.02. The normalized spacial score (nSPS) is 14.0. The molecule has 0 spiro atoms. The van der Waals surface area contributed by atoms with E-state index < -0.39 is 0 Å². The zero-order valence-electron chi connectivity index (χ0n) is 14.8. The number of benzene rings is 2. The maximum Gasteiger partial charge on any atom is 0.196 e. The second-order valence-electron chi connectivity index (χ2n) is 6.74. The van der Waals surface area contributed by atoms with Crippen LogP contribution in [0.1, 0.15) is 65.0 Å². The molecular weight excluding hydrogens is 312 g/mol. The molecule has 0 radical (unpaired) electrons. The lowest BCUT2D eigenvalue weighted by molar-refractivity contribution is 0.0980. The topological polar surface area (TPSA) is 72.2 Å². The van der Waals surface area contributed by atoms with Gasteiger partial charge in [0.05, 0.1) is 16.9 Å². The molecule has 4 nitrogen and oxygen atoms in total. The molecule has 3 rings (SSSR count). The monoisotopic (exact) mass is 336 g/mol. The lowest BCUT2D eigenvalue weighted by Gasteiger charge is -2.21. The summed E-state index contributed by atoms with van der Waals surface area (Å²) in [6.07, 6.45) is 3.37. The molecule has 0 saturated heterocycles. The maximum absolute atomic E-state index is 12.8. The number of nitrogens with one attached hydrogen (secondary N) is 1. The van der Waals surface area contributed by atoms with Crippen LogP contribution in [0.4, 0.5) is 11.4 Å². The van der Waals surface area contributed by atoms with Gasteiger partial charge in [-0.05, 0) is 30.9 Å². The first kappa shape index (κ1) is 17.2. The first-order valence-corrected chi connectivity index (χ1v) is 8.89. The number of carbonyl (C=O) groups is 2. The minimum atomic E-state index is -0.175. The second-order valence-corrected chi connectivity index (χ2v) is 6.74. The Hall–Kier alpha value is -2.62. The Morgan fingerprint density at radius 2 is 1.68 bits per heavy atom. The molecule has 0 aromatic heterocycles. The van der Waals surface area contributed by atoms with Crippen LogP contribution in [0.25, 0.3) is 0 Å². The van der Waals surface area contributed by atoms with Crippen molar-refractivity contribution in [1.82, 2.24) is 0 Å². The van der Waals surface area contributed by atoms with Crippen LogP contribution in [-0.4, -0.2) is 18.1 Å². The number of fused-ring (bicyclic) bond motifs is 2. The van der Waals surface area contributed by atoms with Crippen molar-refractivity contribution in [3.8, 4) is 0 Å². The molecular formula is C21H24N2O2. The van der Waals surface area contributed by atoms with Crippen molar-refractivity contribution in [3.63, 3.8) is 0 Å². The van der Waals surface area contributed by atoms with Gasteiger partial charge < -0.3 is 11.1 Å². The Morgan fingerprint density at radius 1 is 1.00 bits per heavy atom. The molecule has 0 bridgehead atoms. The number of nitrogens with two attached hydrogens (primary N) is 1. The van der Waals surface area contributed by atoms with E-state index in [1.807, 2.05) is 0 Å². The summed E-state index contributed by atoms with van der Waals surface area (Å²) in [6, 6.07) is 10.4. The molecule has 0 fully saturated rings. The number of anilines is 2. The summed E-state index contributed by atoms with van der Waals surface area (Å²) >= 11 is 0. The van der Waals surface area contributed by atoms with Gasteiger partial charge in [-0.3, -0.25) is 9.59 Å². The van der Waals surface area contributed by atoms with Gasteiger partial charge >= 0.3 is 0 Å². The highest BCUT2D eigenvalue weighted by atomic mass is 16.1. The van der Waals surface area contributed by atoms with Crippen LogP contribution in [0.15, 0.2) is 36.4 Å². The van der Waals surface area contributed by atoms with Crippen LogP contribution >= 0.6 is 0 Å². The van der Waals surface area contributed by atoms with Crippen molar-refractivity contribution in [3.05, 3.63) is 58.7 Å². The molecule has 0 amide bonds. The molecule has 2 aromatic carbocycles. The Kier molecular flexibility index (Phi) is 4.88. The molecule has 1 aliphatic rings. The van der Waals surface area contributed by atoms with Crippen LogP contribution in [0, 0.1) is 5.92 Å². The quantitative estimate of drug-likeness (QED) is 0.520. The van der Waals surface area contributed by atoms with Crippen molar-refractivity contribution in [2.45, 2.75) is 33.1 Å². The largest absolute Gasteiger partial charge is 0.396 e. The molecule has 2 aromatic rings. The van der Waals surface area contributed by atoms with Crippen LogP contribution < -0.4 is 11.1 Å². The first-order valence-electron chi connectivity index (χ1n) is 8.89.